The fourth-order valence-electron chi connectivity index (χ4n) is 4.47. The molecule has 9 heteroatoms. The largest absolute Gasteiger partial charge is 0.457 e. The van der Waals surface area contributed by atoms with E-state index in [-0.39, 0.29) is 36.1 Å². The second-order valence-electron chi connectivity index (χ2n) is 9.29. The number of rotatable bonds is 7. The van der Waals surface area contributed by atoms with Crippen molar-refractivity contribution >= 4 is 28.5 Å². The lowest BCUT2D eigenvalue weighted by atomic mass is 10.1. The first-order valence-electron chi connectivity index (χ1n) is 12.3. The Balaban J connectivity index is 1.23. The van der Waals surface area contributed by atoms with E-state index in [0.717, 1.165) is 12.1 Å². The van der Waals surface area contributed by atoms with E-state index in [1.165, 1.54) is 17.0 Å². The van der Waals surface area contributed by atoms with Crippen molar-refractivity contribution in [2.45, 2.75) is 25.6 Å². The molecule has 0 unspecified atom stereocenters. The van der Waals surface area contributed by atoms with Crippen LogP contribution in [-0.4, -0.2) is 35.2 Å². The van der Waals surface area contributed by atoms with E-state index >= 15 is 0 Å². The zero-order valence-electron chi connectivity index (χ0n) is 20.8. The molecule has 0 aliphatic carbocycles. The van der Waals surface area contributed by atoms with Gasteiger partial charge in [-0.25, -0.2) is 0 Å². The molecule has 0 spiro atoms. The van der Waals surface area contributed by atoms with Crippen molar-refractivity contribution in [1.29, 1.82) is 0 Å². The minimum Gasteiger partial charge on any atom is -0.457 e. The normalized spacial score (nSPS) is 13.9. The van der Waals surface area contributed by atoms with Gasteiger partial charge in [-0.1, -0.05) is 24.3 Å². The average Bonchev–Trinajstić information content (AvgIpc) is 3.16. The molecule has 3 amide bonds. The molecule has 1 heterocycles. The van der Waals surface area contributed by atoms with Crippen molar-refractivity contribution in [3.63, 3.8) is 0 Å². The minimum atomic E-state index is -4.43. The van der Waals surface area contributed by atoms with Crippen LogP contribution in [-0.2, 0) is 6.18 Å². The summed E-state index contributed by atoms with van der Waals surface area (Å²) in [6.45, 7) is 1.98. The highest BCUT2D eigenvalue weighted by atomic mass is 19.4. The topological polar surface area (TPSA) is 75.7 Å². The van der Waals surface area contributed by atoms with E-state index in [2.05, 4.69) is 5.32 Å². The molecular weight excluding hydrogens is 509 g/mol. The predicted molar refractivity (Wildman–Crippen MR) is 139 cm³/mol. The van der Waals surface area contributed by atoms with Crippen LogP contribution in [0.15, 0.2) is 84.9 Å². The third kappa shape index (κ3) is 5.34. The van der Waals surface area contributed by atoms with Gasteiger partial charge < -0.3 is 10.1 Å². The summed E-state index contributed by atoms with van der Waals surface area (Å²) in [4.78, 5) is 39.2. The molecular formula is C30H23F3N2O4. The van der Waals surface area contributed by atoms with Gasteiger partial charge in [-0.15, -0.1) is 0 Å². The van der Waals surface area contributed by atoms with Crippen molar-refractivity contribution in [2.75, 3.05) is 6.54 Å². The van der Waals surface area contributed by atoms with Gasteiger partial charge in [-0.3, -0.25) is 19.3 Å². The molecule has 0 saturated heterocycles. The van der Waals surface area contributed by atoms with Gasteiger partial charge in [-0.2, -0.15) is 13.2 Å². The number of imide groups is 1. The summed E-state index contributed by atoms with van der Waals surface area (Å²) in [5.41, 5.74) is 0.414. The van der Waals surface area contributed by atoms with Gasteiger partial charge in [0.2, 0.25) is 0 Å². The molecule has 39 heavy (non-hydrogen) atoms. The molecule has 0 radical (unpaired) electrons. The van der Waals surface area contributed by atoms with Crippen molar-refractivity contribution < 1.29 is 32.3 Å². The lowest BCUT2D eigenvalue weighted by Crippen LogP contribution is -2.38. The summed E-state index contributed by atoms with van der Waals surface area (Å²) in [5, 5.41) is 4.30. The number of halogens is 3. The number of benzene rings is 4. The molecule has 1 aliphatic heterocycles. The van der Waals surface area contributed by atoms with Crippen molar-refractivity contribution in [3.05, 3.63) is 107 Å². The summed E-state index contributed by atoms with van der Waals surface area (Å²) in [7, 11) is 0. The Morgan fingerprint density at radius 1 is 0.897 bits per heavy atom. The van der Waals surface area contributed by atoms with Crippen LogP contribution in [0.3, 0.4) is 0 Å². The average molecular weight is 533 g/mol. The number of ether oxygens (including phenoxy) is 1. The third-order valence-corrected chi connectivity index (χ3v) is 6.55. The van der Waals surface area contributed by atoms with Crippen molar-refractivity contribution in [3.8, 4) is 11.5 Å². The summed E-state index contributed by atoms with van der Waals surface area (Å²) in [6.07, 6.45) is -4.04. The van der Waals surface area contributed by atoms with Crippen LogP contribution in [0.2, 0.25) is 0 Å². The van der Waals surface area contributed by atoms with Gasteiger partial charge in [0.05, 0.1) is 16.7 Å². The van der Waals surface area contributed by atoms with Crippen molar-refractivity contribution in [2.24, 2.45) is 0 Å². The van der Waals surface area contributed by atoms with Crippen LogP contribution >= 0.6 is 0 Å². The molecule has 6 nitrogen and oxygen atoms in total. The first-order chi connectivity index (χ1) is 18.6. The number of nitrogens with one attached hydrogen (secondary N) is 1. The number of amides is 3. The molecule has 4 aromatic rings. The van der Waals surface area contributed by atoms with E-state index in [1.54, 1.807) is 67.6 Å². The highest BCUT2D eigenvalue weighted by molar-refractivity contribution is 6.21. The molecule has 0 saturated carbocycles. The van der Waals surface area contributed by atoms with Gasteiger partial charge in [-0.05, 0) is 79.4 Å². The maximum absolute atomic E-state index is 12.9. The predicted octanol–water partition coefficient (Wildman–Crippen LogP) is 6.46. The maximum Gasteiger partial charge on any atom is 0.416 e. The molecule has 0 bridgehead atoms. The van der Waals surface area contributed by atoms with Crippen molar-refractivity contribution in [1.82, 2.24) is 10.2 Å². The van der Waals surface area contributed by atoms with E-state index in [4.69, 9.17) is 4.74 Å². The number of nitrogens with zero attached hydrogens (tertiary/aromatic N) is 1. The molecule has 1 aliphatic rings. The fourth-order valence-corrected chi connectivity index (χ4v) is 4.47. The van der Waals surface area contributed by atoms with Crippen LogP contribution in [0.5, 0.6) is 11.5 Å². The van der Waals surface area contributed by atoms with Gasteiger partial charge in [0.1, 0.15) is 11.5 Å². The smallest absolute Gasteiger partial charge is 0.416 e. The monoisotopic (exact) mass is 532 g/mol. The minimum absolute atomic E-state index is 0.177. The number of alkyl halides is 3. The summed E-state index contributed by atoms with van der Waals surface area (Å²) in [5.74, 6) is -0.297. The van der Waals surface area contributed by atoms with E-state index < -0.39 is 11.7 Å². The zero-order valence-corrected chi connectivity index (χ0v) is 20.8. The maximum atomic E-state index is 12.9. The molecule has 198 valence electrons. The Morgan fingerprint density at radius 2 is 1.56 bits per heavy atom. The van der Waals surface area contributed by atoms with Gasteiger partial charge in [0, 0.05) is 23.5 Å². The molecule has 0 aromatic heterocycles. The Morgan fingerprint density at radius 3 is 2.21 bits per heavy atom. The quantitative estimate of drug-likeness (QED) is 0.278. The first kappa shape index (κ1) is 26.0. The Hall–Kier alpha value is -4.66. The molecule has 1 atom stereocenters. The van der Waals surface area contributed by atoms with Gasteiger partial charge in [0.15, 0.2) is 0 Å². The molecule has 5 rings (SSSR count). The van der Waals surface area contributed by atoms with Gasteiger partial charge >= 0.3 is 6.18 Å². The number of hydrogen-bond donors (Lipinski definition) is 1. The van der Waals surface area contributed by atoms with Crippen LogP contribution in [0.25, 0.3) is 10.8 Å². The van der Waals surface area contributed by atoms with E-state index in [0.29, 0.717) is 39.6 Å². The van der Waals surface area contributed by atoms with Crippen LogP contribution in [0.4, 0.5) is 13.2 Å². The van der Waals surface area contributed by atoms with Crippen LogP contribution in [0.1, 0.15) is 50.0 Å². The lowest BCUT2D eigenvalue weighted by Gasteiger charge is -2.18. The SMILES string of the molecule is C[C@H](CCN1C(=O)c2ccccc2C1=O)NC(=O)c1ccc2c(Oc3ccc(C(F)(F)F)cc3)cccc2c1. The second kappa shape index (κ2) is 10.2. The first-order valence-corrected chi connectivity index (χ1v) is 12.3. The summed E-state index contributed by atoms with van der Waals surface area (Å²) in [6, 6.07) is 21.1. The number of carbonyl (C=O) groups is 3. The highest BCUT2D eigenvalue weighted by Gasteiger charge is 2.35. The Kier molecular flexibility index (Phi) is 6.82. The molecule has 1 N–H and O–H groups in total. The van der Waals surface area contributed by atoms with E-state index in [1.807, 2.05) is 0 Å². The standard InChI is InChI=1S/C30H23F3N2O4/c1-18(15-16-35-28(37)24-6-2-3-7-25(24)29(35)38)34-27(36)20-9-14-23-19(17-20)5-4-8-26(23)39-22-12-10-21(11-13-22)30(31,32)33/h2-14,17-18H,15-16H2,1H3,(H,34,36)/t18-/m1/s1. The summed E-state index contributed by atoms with van der Waals surface area (Å²) < 4.78 is 44.3. The third-order valence-electron chi connectivity index (χ3n) is 6.55. The molecule has 4 aromatic carbocycles. The fraction of sp³-hybridized carbons (Fsp3) is 0.167. The number of hydrogen-bond acceptors (Lipinski definition) is 4. The molecule has 0 fully saturated rings. The van der Waals surface area contributed by atoms with Gasteiger partial charge in [0.25, 0.3) is 17.7 Å². The summed E-state index contributed by atoms with van der Waals surface area (Å²) >= 11 is 0. The van der Waals surface area contributed by atoms with Crippen LogP contribution < -0.4 is 10.1 Å². The Labute approximate surface area is 222 Å². The highest BCUT2D eigenvalue weighted by Crippen LogP contribution is 2.34. The van der Waals surface area contributed by atoms with E-state index in [9.17, 15) is 27.6 Å². The zero-order chi connectivity index (χ0) is 27.7. The number of fused-ring (bicyclic) bond motifs is 2. The lowest BCUT2D eigenvalue weighted by molar-refractivity contribution is -0.137. The number of carbonyl (C=O) groups excluding carboxylic acids is 3. The Bertz CT molecular complexity index is 1550. The second-order valence-corrected chi connectivity index (χ2v) is 9.29. The van der Waals surface area contributed by atoms with Crippen LogP contribution in [0, 0.1) is 0 Å².